The molecule has 0 aromatic heterocycles. The first-order chi connectivity index (χ1) is 14.4. The third kappa shape index (κ3) is 5.62. The third-order valence-corrected chi connectivity index (χ3v) is 4.42. The van der Waals surface area contributed by atoms with Crippen LogP contribution >= 0.6 is 15.9 Å². The Labute approximate surface area is 180 Å². The van der Waals surface area contributed by atoms with Crippen LogP contribution in [0.4, 0.5) is 0 Å². The van der Waals surface area contributed by atoms with Crippen LogP contribution in [0.2, 0.25) is 0 Å². The van der Waals surface area contributed by atoms with Crippen molar-refractivity contribution in [2.75, 3.05) is 0 Å². The van der Waals surface area contributed by atoms with Crippen LogP contribution in [0.15, 0.2) is 82.4 Å². The van der Waals surface area contributed by atoms with E-state index < -0.39 is 17.8 Å². The van der Waals surface area contributed by atoms with Crippen LogP contribution in [-0.4, -0.2) is 29.2 Å². The number of carbonyl (C=O) groups is 3. The molecule has 3 aromatic carbocycles. The molecule has 0 aliphatic heterocycles. The number of halogens is 1. The maximum Gasteiger partial charge on any atom is 0.343 e. The molecule has 0 aliphatic rings. The highest BCUT2D eigenvalue weighted by Crippen LogP contribution is 2.16. The van der Waals surface area contributed by atoms with Crippen molar-refractivity contribution in [2.24, 2.45) is 5.10 Å². The van der Waals surface area contributed by atoms with Crippen LogP contribution in [0.3, 0.4) is 0 Å². The lowest BCUT2D eigenvalue weighted by Gasteiger charge is -2.05. The Hall–Kier alpha value is -3.78. The number of carbonyl (C=O) groups excluding carboxylic acids is 2. The van der Waals surface area contributed by atoms with E-state index in [1.807, 2.05) is 6.07 Å². The maximum atomic E-state index is 12.1. The monoisotopic (exact) mass is 466 g/mol. The van der Waals surface area contributed by atoms with E-state index in [0.717, 1.165) is 4.47 Å². The van der Waals surface area contributed by atoms with Crippen molar-refractivity contribution in [2.45, 2.75) is 0 Å². The van der Waals surface area contributed by atoms with E-state index in [4.69, 9.17) is 9.84 Å². The van der Waals surface area contributed by atoms with E-state index in [1.165, 1.54) is 30.5 Å². The standard InChI is InChI=1S/C22H15BrN2O5/c23-18-3-1-2-17(12-18)22(29)30-19-10-4-14(5-11-19)13-24-25-20(26)15-6-8-16(9-7-15)21(27)28/h1-13H,(H,25,26)(H,27,28). The minimum atomic E-state index is -1.06. The highest BCUT2D eigenvalue weighted by atomic mass is 79.9. The molecule has 0 saturated carbocycles. The first kappa shape index (κ1) is 20.9. The largest absolute Gasteiger partial charge is 0.478 e. The Bertz CT molecular complexity index is 1110. The Balaban J connectivity index is 1.56. The van der Waals surface area contributed by atoms with Crippen molar-refractivity contribution in [3.63, 3.8) is 0 Å². The first-order valence-corrected chi connectivity index (χ1v) is 9.46. The molecule has 0 radical (unpaired) electrons. The van der Waals surface area contributed by atoms with Gasteiger partial charge in [0, 0.05) is 10.0 Å². The summed E-state index contributed by atoms with van der Waals surface area (Å²) in [5, 5.41) is 12.7. The molecule has 0 saturated heterocycles. The fraction of sp³-hybridized carbons (Fsp3) is 0. The van der Waals surface area contributed by atoms with Gasteiger partial charge >= 0.3 is 11.9 Å². The van der Waals surface area contributed by atoms with Gasteiger partial charge in [0.2, 0.25) is 0 Å². The van der Waals surface area contributed by atoms with Gasteiger partial charge in [0.1, 0.15) is 5.75 Å². The first-order valence-electron chi connectivity index (χ1n) is 8.67. The summed E-state index contributed by atoms with van der Waals surface area (Å²) < 4.78 is 6.10. The van der Waals surface area contributed by atoms with Crippen molar-refractivity contribution < 1.29 is 24.2 Å². The lowest BCUT2D eigenvalue weighted by atomic mass is 10.1. The van der Waals surface area contributed by atoms with Crippen LogP contribution in [0.1, 0.15) is 36.6 Å². The Kier molecular flexibility index (Phi) is 6.71. The number of esters is 1. The lowest BCUT2D eigenvalue weighted by molar-refractivity contribution is 0.0694. The summed E-state index contributed by atoms with van der Waals surface area (Å²) >= 11 is 3.31. The Morgan fingerprint density at radius 1 is 0.900 bits per heavy atom. The minimum absolute atomic E-state index is 0.0933. The second-order valence-corrected chi connectivity index (χ2v) is 6.97. The van der Waals surface area contributed by atoms with Crippen molar-refractivity contribution in [1.29, 1.82) is 0 Å². The third-order valence-electron chi connectivity index (χ3n) is 3.92. The van der Waals surface area contributed by atoms with E-state index in [2.05, 4.69) is 26.5 Å². The number of rotatable bonds is 6. The number of ether oxygens (including phenoxy) is 1. The smallest absolute Gasteiger partial charge is 0.343 e. The van der Waals surface area contributed by atoms with Gasteiger partial charge in [0.05, 0.1) is 17.3 Å². The molecule has 0 bridgehead atoms. The number of carboxylic acids is 1. The zero-order chi connectivity index (χ0) is 21.5. The summed E-state index contributed by atoms with van der Waals surface area (Å²) in [6, 6.07) is 19.0. The van der Waals surface area contributed by atoms with Crippen molar-refractivity contribution >= 4 is 40.0 Å². The molecular weight excluding hydrogens is 452 g/mol. The molecule has 8 heteroatoms. The van der Waals surface area contributed by atoms with Gasteiger partial charge in [-0.15, -0.1) is 0 Å². The SMILES string of the molecule is O=C(O)c1ccc(C(=O)NN=Cc2ccc(OC(=O)c3cccc(Br)c3)cc2)cc1. The predicted molar refractivity (Wildman–Crippen MR) is 114 cm³/mol. The quantitative estimate of drug-likeness (QED) is 0.246. The summed E-state index contributed by atoms with van der Waals surface area (Å²) in [6.45, 7) is 0. The van der Waals surface area contributed by atoms with Gasteiger partial charge in [-0.2, -0.15) is 5.10 Å². The van der Waals surface area contributed by atoms with Gasteiger partial charge < -0.3 is 9.84 Å². The molecule has 2 N–H and O–H groups in total. The van der Waals surface area contributed by atoms with Gasteiger partial charge in [-0.25, -0.2) is 15.0 Å². The number of amides is 1. The topological polar surface area (TPSA) is 105 Å². The van der Waals surface area contributed by atoms with Gasteiger partial charge in [-0.05, 0) is 72.3 Å². The van der Waals surface area contributed by atoms with Gasteiger partial charge in [-0.1, -0.05) is 22.0 Å². The fourth-order valence-electron chi connectivity index (χ4n) is 2.40. The number of benzene rings is 3. The second kappa shape index (κ2) is 9.62. The summed E-state index contributed by atoms with van der Waals surface area (Å²) in [6.07, 6.45) is 1.43. The molecule has 0 spiro atoms. The van der Waals surface area contributed by atoms with E-state index >= 15 is 0 Å². The zero-order valence-electron chi connectivity index (χ0n) is 15.4. The Morgan fingerprint density at radius 2 is 1.57 bits per heavy atom. The maximum absolute atomic E-state index is 12.1. The van der Waals surface area contributed by atoms with Crippen LogP contribution in [0.5, 0.6) is 5.75 Å². The van der Waals surface area contributed by atoms with E-state index in [9.17, 15) is 14.4 Å². The van der Waals surface area contributed by atoms with Crippen molar-refractivity contribution in [3.8, 4) is 5.75 Å². The molecule has 7 nitrogen and oxygen atoms in total. The molecule has 1 amide bonds. The van der Waals surface area contributed by atoms with Crippen LogP contribution in [0.25, 0.3) is 0 Å². The number of hydrazone groups is 1. The fourth-order valence-corrected chi connectivity index (χ4v) is 2.80. The summed E-state index contributed by atoms with van der Waals surface area (Å²) in [5.41, 5.74) is 3.85. The number of nitrogens with zero attached hydrogens (tertiary/aromatic N) is 1. The number of hydrogen-bond donors (Lipinski definition) is 2. The molecular formula is C22H15BrN2O5. The number of hydrogen-bond acceptors (Lipinski definition) is 5. The highest BCUT2D eigenvalue weighted by Gasteiger charge is 2.09. The molecule has 30 heavy (non-hydrogen) atoms. The van der Waals surface area contributed by atoms with Crippen molar-refractivity contribution in [3.05, 3.63) is 99.5 Å². The van der Waals surface area contributed by atoms with Crippen LogP contribution in [-0.2, 0) is 0 Å². The Morgan fingerprint density at radius 3 is 2.20 bits per heavy atom. The molecule has 0 fully saturated rings. The molecule has 3 rings (SSSR count). The summed E-state index contributed by atoms with van der Waals surface area (Å²) in [4.78, 5) is 35.0. The van der Waals surface area contributed by atoms with Crippen molar-refractivity contribution in [1.82, 2.24) is 5.43 Å². The van der Waals surface area contributed by atoms with Crippen LogP contribution in [0, 0.1) is 0 Å². The lowest BCUT2D eigenvalue weighted by Crippen LogP contribution is -2.17. The molecule has 0 heterocycles. The zero-order valence-corrected chi connectivity index (χ0v) is 17.0. The summed E-state index contributed by atoms with van der Waals surface area (Å²) in [7, 11) is 0. The van der Waals surface area contributed by atoms with Gasteiger partial charge in [-0.3, -0.25) is 4.79 Å². The predicted octanol–water partition coefficient (Wildman–Crippen LogP) is 4.13. The number of carboxylic acid groups (broad SMARTS) is 1. The van der Waals surface area contributed by atoms with Gasteiger partial charge in [0.15, 0.2) is 0 Å². The average Bonchev–Trinajstić information content (AvgIpc) is 2.75. The number of aromatic carboxylic acids is 1. The molecule has 0 unspecified atom stereocenters. The van der Waals surface area contributed by atoms with E-state index in [1.54, 1.807) is 42.5 Å². The second-order valence-electron chi connectivity index (χ2n) is 6.05. The summed E-state index contributed by atoms with van der Waals surface area (Å²) in [5.74, 6) is -1.63. The molecule has 150 valence electrons. The minimum Gasteiger partial charge on any atom is -0.478 e. The average molecular weight is 467 g/mol. The molecule has 3 aromatic rings. The molecule has 0 aliphatic carbocycles. The van der Waals surface area contributed by atoms with E-state index in [0.29, 0.717) is 16.9 Å². The normalized spacial score (nSPS) is 10.6. The highest BCUT2D eigenvalue weighted by molar-refractivity contribution is 9.10. The molecule has 0 atom stereocenters. The van der Waals surface area contributed by atoms with Crippen LogP contribution < -0.4 is 10.2 Å². The van der Waals surface area contributed by atoms with E-state index in [-0.39, 0.29) is 11.1 Å². The number of nitrogens with one attached hydrogen (secondary N) is 1. The van der Waals surface area contributed by atoms with Gasteiger partial charge in [0.25, 0.3) is 5.91 Å².